The van der Waals surface area contributed by atoms with Crippen LogP contribution in [0.3, 0.4) is 0 Å². The van der Waals surface area contributed by atoms with Gasteiger partial charge in [-0.15, -0.1) is 0 Å². The minimum atomic E-state index is -0.0872. The summed E-state index contributed by atoms with van der Waals surface area (Å²) in [6, 6.07) is 21.8. The van der Waals surface area contributed by atoms with Gasteiger partial charge in [-0.1, -0.05) is 73.5 Å². The van der Waals surface area contributed by atoms with Crippen molar-refractivity contribution in [3.8, 4) is 5.75 Å². The molecule has 0 aromatic heterocycles. The molecule has 0 saturated carbocycles. The zero-order chi connectivity index (χ0) is 16.5. The van der Waals surface area contributed by atoms with Crippen LogP contribution in [0, 0.1) is 6.92 Å². The lowest BCUT2D eigenvalue weighted by Gasteiger charge is -2.35. The first-order valence-electron chi connectivity index (χ1n) is 8.77. The van der Waals surface area contributed by atoms with Crippen molar-refractivity contribution >= 4 is 10.8 Å². The van der Waals surface area contributed by atoms with Crippen molar-refractivity contribution in [2.75, 3.05) is 0 Å². The number of ether oxygens (including phenoxy) is 1. The van der Waals surface area contributed by atoms with Crippen molar-refractivity contribution < 1.29 is 4.74 Å². The van der Waals surface area contributed by atoms with Crippen molar-refractivity contribution in [3.63, 3.8) is 0 Å². The van der Waals surface area contributed by atoms with E-state index in [1.807, 2.05) is 0 Å². The Bertz CT molecular complexity index is 853. The van der Waals surface area contributed by atoms with Gasteiger partial charge in [-0.3, -0.25) is 5.32 Å². The molecule has 0 amide bonds. The number of fused-ring (bicyclic) bond motifs is 3. The van der Waals surface area contributed by atoms with Gasteiger partial charge in [0.1, 0.15) is 5.75 Å². The van der Waals surface area contributed by atoms with Gasteiger partial charge in [0.15, 0.2) is 6.23 Å². The van der Waals surface area contributed by atoms with E-state index in [1.54, 1.807) is 0 Å². The van der Waals surface area contributed by atoms with Crippen LogP contribution in [0.1, 0.15) is 48.7 Å². The van der Waals surface area contributed by atoms with Gasteiger partial charge in [0.25, 0.3) is 0 Å². The summed E-state index contributed by atoms with van der Waals surface area (Å²) >= 11 is 0. The third-order valence-electron chi connectivity index (χ3n) is 4.83. The number of aryl methyl sites for hydroxylation is 1. The fourth-order valence-corrected chi connectivity index (χ4v) is 3.59. The molecule has 1 N–H and O–H groups in total. The van der Waals surface area contributed by atoms with Crippen molar-refractivity contribution in [2.24, 2.45) is 0 Å². The van der Waals surface area contributed by atoms with E-state index in [0.29, 0.717) is 6.04 Å². The lowest BCUT2D eigenvalue weighted by Crippen LogP contribution is -2.35. The largest absolute Gasteiger partial charge is 0.471 e. The van der Waals surface area contributed by atoms with E-state index in [1.165, 1.54) is 27.5 Å². The Hall–Kier alpha value is -2.32. The first-order valence-corrected chi connectivity index (χ1v) is 8.77. The summed E-state index contributed by atoms with van der Waals surface area (Å²) in [5.74, 6) is 1.01. The quantitative estimate of drug-likeness (QED) is 0.672. The van der Waals surface area contributed by atoms with Crippen LogP contribution >= 0.6 is 0 Å². The lowest BCUT2D eigenvalue weighted by atomic mass is 9.93. The fraction of sp³-hybridized carbons (Fsp3) is 0.273. The Morgan fingerprint density at radius 2 is 1.75 bits per heavy atom. The second-order valence-electron chi connectivity index (χ2n) is 6.62. The Morgan fingerprint density at radius 1 is 0.958 bits per heavy atom. The standard InChI is InChI=1S/C22H23NO/c1-3-6-19-21-18-8-5-4-7-16(18)13-14-20(21)24-22(23-19)17-11-9-15(2)10-12-17/h4-5,7-14,19,22-23H,3,6H2,1-2H3/t19-,22+/m1/s1. The molecule has 1 heterocycles. The van der Waals surface area contributed by atoms with Gasteiger partial charge in [0.2, 0.25) is 0 Å². The lowest BCUT2D eigenvalue weighted by molar-refractivity contribution is 0.122. The first-order chi connectivity index (χ1) is 11.8. The molecule has 0 radical (unpaired) electrons. The summed E-state index contributed by atoms with van der Waals surface area (Å²) in [4.78, 5) is 0. The Morgan fingerprint density at radius 3 is 2.54 bits per heavy atom. The number of benzene rings is 3. The predicted molar refractivity (Wildman–Crippen MR) is 99.3 cm³/mol. The number of hydrogen-bond donors (Lipinski definition) is 1. The zero-order valence-electron chi connectivity index (χ0n) is 14.3. The highest BCUT2D eigenvalue weighted by Gasteiger charge is 2.29. The van der Waals surface area contributed by atoms with E-state index < -0.39 is 0 Å². The molecule has 0 spiro atoms. The van der Waals surface area contributed by atoms with Crippen molar-refractivity contribution in [2.45, 2.75) is 39.0 Å². The van der Waals surface area contributed by atoms with Crippen LogP contribution in [-0.4, -0.2) is 0 Å². The third kappa shape index (κ3) is 2.67. The molecule has 0 saturated heterocycles. The molecule has 0 aliphatic carbocycles. The Labute approximate surface area is 143 Å². The average molecular weight is 317 g/mol. The molecule has 24 heavy (non-hydrogen) atoms. The molecule has 4 rings (SSSR count). The van der Waals surface area contributed by atoms with E-state index in [4.69, 9.17) is 4.74 Å². The fourth-order valence-electron chi connectivity index (χ4n) is 3.59. The van der Waals surface area contributed by atoms with Crippen LogP contribution in [0.5, 0.6) is 5.75 Å². The molecule has 2 nitrogen and oxygen atoms in total. The molecule has 0 bridgehead atoms. The van der Waals surface area contributed by atoms with Gasteiger partial charge in [0, 0.05) is 17.2 Å². The van der Waals surface area contributed by atoms with Crippen LogP contribution in [0.25, 0.3) is 10.8 Å². The summed E-state index contributed by atoms with van der Waals surface area (Å²) in [6.07, 6.45) is 2.16. The van der Waals surface area contributed by atoms with Crippen molar-refractivity contribution in [1.29, 1.82) is 0 Å². The van der Waals surface area contributed by atoms with Crippen LogP contribution in [0.15, 0.2) is 60.7 Å². The van der Waals surface area contributed by atoms with Gasteiger partial charge in [-0.05, 0) is 30.2 Å². The normalized spacial score (nSPS) is 19.8. The van der Waals surface area contributed by atoms with E-state index in [-0.39, 0.29) is 6.23 Å². The molecular formula is C22H23NO. The molecule has 0 fully saturated rings. The molecule has 3 aromatic carbocycles. The number of nitrogens with one attached hydrogen (secondary N) is 1. The zero-order valence-corrected chi connectivity index (χ0v) is 14.3. The maximum atomic E-state index is 6.33. The van der Waals surface area contributed by atoms with E-state index in [2.05, 4.69) is 79.8 Å². The van der Waals surface area contributed by atoms with Crippen molar-refractivity contribution in [1.82, 2.24) is 5.32 Å². The summed E-state index contributed by atoms with van der Waals surface area (Å²) in [5.41, 5.74) is 3.75. The first kappa shape index (κ1) is 15.2. The minimum Gasteiger partial charge on any atom is -0.471 e. The summed E-state index contributed by atoms with van der Waals surface area (Å²) in [7, 11) is 0. The number of rotatable bonds is 3. The molecular weight excluding hydrogens is 294 g/mol. The van der Waals surface area contributed by atoms with E-state index in [0.717, 1.165) is 18.6 Å². The second kappa shape index (κ2) is 6.29. The van der Waals surface area contributed by atoms with Gasteiger partial charge in [-0.25, -0.2) is 0 Å². The average Bonchev–Trinajstić information content (AvgIpc) is 2.62. The molecule has 2 heteroatoms. The summed E-state index contributed by atoms with van der Waals surface area (Å²) in [6.45, 7) is 4.35. The molecule has 122 valence electrons. The second-order valence-corrected chi connectivity index (χ2v) is 6.62. The molecule has 3 aromatic rings. The molecule has 1 aliphatic rings. The minimum absolute atomic E-state index is 0.0872. The highest BCUT2D eigenvalue weighted by molar-refractivity contribution is 5.88. The summed E-state index contributed by atoms with van der Waals surface area (Å²) in [5, 5.41) is 6.29. The highest BCUT2D eigenvalue weighted by Crippen LogP contribution is 2.41. The van der Waals surface area contributed by atoms with Crippen LogP contribution in [-0.2, 0) is 0 Å². The third-order valence-corrected chi connectivity index (χ3v) is 4.83. The highest BCUT2D eigenvalue weighted by atomic mass is 16.5. The van der Waals surface area contributed by atoms with Gasteiger partial charge in [-0.2, -0.15) is 0 Å². The molecule has 2 atom stereocenters. The van der Waals surface area contributed by atoms with Crippen LogP contribution in [0.4, 0.5) is 0 Å². The number of hydrogen-bond acceptors (Lipinski definition) is 2. The van der Waals surface area contributed by atoms with Crippen LogP contribution in [0.2, 0.25) is 0 Å². The smallest absolute Gasteiger partial charge is 0.177 e. The SMILES string of the molecule is CCC[C@H]1N[C@H](c2ccc(C)cc2)Oc2ccc3ccccc3c21. The Balaban J connectivity index is 1.79. The van der Waals surface area contributed by atoms with Gasteiger partial charge >= 0.3 is 0 Å². The van der Waals surface area contributed by atoms with Gasteiger partial charge in [0.05, 0.1) is 0 Å². The van der Waals surface area contributed by atoms with Crippen molar-refractivity contribution in [3.05, 3.63) is 77.4 Å². The maximum Gasteiger partial charge on any atom is 0.177 e. The predicted octanol–water partition coefficient (Wildman–Crippen LogP) is 5.67. The maximum absolute atomic E-state index is 6.33. The van der Waals surface area contributed by atoms with Crippen LogP contribution < -0.4 is 10.1 Å². The summed E-state index contributed by atoms with van der Waals surface area (Å²) < 4.78 is 6.33. The van der Waals surface area contributed by atoms with E-state index in [9.17, 15) is 0 Å². The molecule has 0 unspecified atom stereocenters. The topological polar surface area (TPSA) is 21.3 Å². The van der Waals surface area contributed by atoms with Gasteiger partial charge < -0.3 is 4.74 Å². The Kier molecular flexibility index (Phi) is 3.99. The molecule has 1 aliphatic heterocycles. The van der Waals surface area contributed by atoms with E-state index >= 15 is 0 Å². The monoisotopic (exact) mass is 317 g/mol.